The molecule has 37 heavy (non-hydrogen) atoms. The number of imidazole rings is 2. The Morgan fingerprint density at radius 3 is 1.46 bits per heavy atom. The van der Waals surface area contributed by atoms with Gasteiger partial charge < -0.3 is 34.0 Å². The van der Waals surface area contributed by atoms with Gasteiger partial charge in [0.25, 0.3) is 0 Å². The summed E-state index contributed by atoms with van der Waals surface area (Å²) in [6.07, 6.45) is 12.4. The second kappa shape index (κ2) is 11.2. The zero-order valence-corrected chi connectivity index (χ0v) is 24.0. The fourth-order valence-corrected chi connectivity index (χ4v) is 5.87. The van der Waals surface area contributed by atoms with Crippen LogP contribution in [0.4, 0.5) is 0 Å². The molecule has 2 aromatic heterocycles. The van der Waals surface area contributed by atoms with Crippen molar-refractivity contribution in [2.45, 2.75) is 36.0 Å². The van der Waals surface area contributed by atoms with Crippen LogP contribution in [0, 0.1) is 0 Å². The van der Waals surface area contributed by atoms with Crippen LogP contribution in [0.15, 0.2) is 120 Å². The highest BCUT2D eigenvalue weighted by molar-refractivity contribution is 7.91. The van der Waals surface area contributed by atoms with Crippen molar-refractivity contribution in [1.29, 1.82) is 0 Å². The highest BCUT2D eigenvalue weighted by Crippen LogP contribution is 2.22. The first kappa shape index (κ1) is 27.0. The van der Waals surface area contributed by atoms with Crippen LogP contribution < -0.4 is 43.1 Å². The largest absolute Gasteiger partial charge is 1.00 e. The molecule has 5 aromatic rings. The minimum absolute atomic E-state index is 0. The molecule has 0 saturated carbocycles. The van der Waals surface area contributed by atoms with Crippen LogP contribution in [0.3, 0.4) is 0 Å². The summed E-state index contributed by atoms with van der Waals surface area (Å²) in [5.41, 5.74) is 4.60. The normalized spacial score (nSPS) is 14.1. The predicted octanol–water partition coefficient (Wildman–Crippen LogP) is -2.79. The average Bonchev–Trinajstić information content (AvgIpc) is 3.48. The summed E-state index contributed by atoms with van der Waals surface area (Å²) in [5, 5.41) is 0. The first-order valence-corrected chi connectivity index (χ1v) is 13.1. The van der Waals surface area contributed by atoms with Gasteiger partial charge in [0, 0.05) is 0 Å². The number of fused-ring (bicyclic) bond motifs is 2. The van der Waals surface area contributed by atoms with Crippen LogP contribution in [0.5, 0.6) is 0 Å². The van der Waals surface area contributed by atoms with Gasteiger partial charge in [0.05, 0.1) is 9.79 Å². The number of rotatable bonds is 0. The van der Waals surface area contributed by atoms with E-state index in [1.54, 1.807) is 24.3 Å². The molecule has 3 aromatic carbocycles. The number of hydrogen-bond acceptors (Lipinski definition) is 2. The molecule has 0 fully saturated rings. The van der Waals surface area contributed by atoms with Gasteiger partial charge in [-0.2, -0.15) is 0 Å². The van der Waals surface area contributed by atoms with Gasteiger partial charge in [0.2, 0.25) is 22.5 Å². The zero-order valence-electron chi connectivity index (χ0n) is 20.0. The van der Waals surface area contributed by atoms with E-state index >= 15 is 0 Å². The van der Waals surface area contributed by atoms with Gasteiger partial charge in [0.1, 0.15) is 51.0 Å². The maximum atomic E-state index is 13.2. The standard InChI is InChI=1S/C28H26N4O2S.2BrH/c33-35(34)27-8-4-23(5-9-27)17-29-12-14-31(21-29)19-25-2-1-3-26(16-25)20-32-15-13-30(22-32)18-24-6-10-28(35)11-7-24;;/h1-16,21-22H,17-20H2;2*1H/q+2;;/p-2. The van der Waals surface area contributed by atoms with E-state index in [1.807, 2.05) is 36.7 Å². The zero-order chi connectivity index (χ0) is 23.8. The Balaban J connectivity index is 0.00000160. The molecule has 3 aliphatic rings. The molecule has 0 N–H and O–H groups in total. The lowest BCUT2D eigenvalue weighted by Crippen LogP contribution is -3.00. The van der Waals surface area contributed by atoms with Gasteiger partial charge in [-0.1, -0.05) is 42.5 Å². The maximum Gasteiger partial charge on any atom is 0.244 e. The molecule has 10 bridgehead atoms. The van der Waals surface area contributed by atoms with Crippen molar-refractivity contribution in [2.24, 2.45) is 0 Å². The van der Waals surface area contributed by atoms with Crippen molar-refractivity contribution in [3.05, 3.63) is 132 Å². The van der Waals surface area contributed by atoms with Crippen LogP contribution in [-0.4, -0.2) is 17.6 Å². The lowest BCUT2D eigenvalue weighted by Gasteiger charge is -2.07. The number of halogens is 2. The predicted molar refractivity (Wildman–Crippen MR) is 130 cm³/mol. The topological polar surface area (TPSA) is 51.8 Å². The molecule has 0 aliphatic carbocycles. The highest BCUT2D eigenvalue weighted by Gasteiger charge is 2.18. The van der Waals surface area contributed by atoms with E-state index < -0.39 is 9.84 Å². The minimum atomic E-state index is -3.56. The van der Waals surface area contributed by atoms with E-state index in [4.69, 9.17) is 0 Å². The smallest absolute Gasteiger partial charge is 0.244 e. The summed E-state index contributed by atoms with van der Waals surface area (Å²) < 4.78 is 34.9. The Morgan fingerprint density at radius 2 is 1.03 bits per heavy atom. The Bertz CT molecular complexity index is 1500. The van der Waals surface area contributed by atoms with Gasteiger partial charge in [0.15, 0.2) is 0 Å². The third kappa shape index (κ3) is 5.95. The van der Waals surface area contributed by atoms with Gasteiger partial charge in [-0.05, 0) is 52.6 Å². The summed E-state index contributed by atoms with van der Waals surface area (Å²) in [6, 6.07) is 23.1. The first-order valence-electron chi connectivity index (χ1n) is 11.6. The van der Waals surface area contributed by atoms with Crippen LogP contribution in [-0.2, 0) is 36.0 Å². The molecule has 0 atom stereocenters. The van der Waals surface area contributed by atoms with Gasteiger partial charge >= 0.3 is 0 Å². The van der Waals surface area contributed by atoms with Crippen molar-refractivity contribution in [3.63, 3.8) is 0 Å². The van der Waals surface area contributed by atoms with Crippen LogP contribution in [0.25, 0.3) is 0 Å². The third-order valence-electron chi connectivity index (χ3n) is 6.41. The van der Waals surface area contributed by atoms with E-state index in [-0.39, 0.29) is 34.0 Å². The number of aromatic nitrogens is 4. The lowest BCUT2D eigenvalue weighted by molar-refractivity contribution is -0.688. The summed E-state index contributed by atoms with van der Waals surface area (Å²) in [5.74, 6) is 0. The molecule has 190 valence electrons. The van der Waals surface area contributed by atoms with E-state index in [2.05, 4.69) is 67.6 Å². The van der Waals surface area contributed by atoms with Crippen molar-refractivity contribution in [1.82, 2.24) is 9.13 Å². The molecule has 0 saturated heterocycles. The minimum Gasteiger partial charge on any atom is -1.00 e. The molecular weight excluding hydrogens is 616 g/mol. The third-order valence-corrected chi connectivity index (χ3v) is 8.20. The molecule has 3 aliphatic heterocycles. The number of hydrogen-bond donors (Lipinski definition) is 0. The van der Waals surface area contributed by atoms with Crippen molar-refractivity contribution in [3.8, 4) is 0 Å². The van der Waals surface area contributed by atoms with E-state index in [1.165, 1.54) is 11.1 Å². The quantitative estimate of drug-likeness (QED) is 0.169. The molecule has 5 heterocycles. The Morgan fingerprint density at radius 1 is 0.595 bits per heavy atom. The molecular formula is C28H26Br2N4O2S. The fourth-order valence-electron chi connectivity index (χ4n) is 4.61. The Labute approximate surface area is 237 Å². The highest BCUT2D eigenvalue weighted by atomic mass is 79.9. The van der Waals surface area contributed by atoms with E-state index in [0.29, 0.717) is 22.9 Å². The summed E-state index contributed by atoms with van der Waals surface area (Å²) in [6.45, 7) is 2.93. The molecule has 0 unspecified atom stereocenters. The number of nitrogens with zero attached hydrogens (tertiary/aromatic N) is 4. The van der Waals surface area contributed by atoms with Gasteiger partial charge in [-0.15, -0.1) is 0 Å². The fraction of sp³-hybridized carbons (Fsp3) is 0.143. The van der Waals surface area contributed by atoms with Crippen LogP contribution >= 0.6 is 0 Å². The Hall–Kier alpha value is -3.01. The molecule has 6 nitrogen and oxygen atoms in total. The SMILES string of the molecule is O=S1(=O)c2ccc(cc2)Cn2cc[n+](c2)Cc2cccc(c2)C[n+]2ccn(c2)Cc2ccc1cc2.[Br-].[Br-]. The van der Waals surface area contributed by atoms with E-state index in [0.717, 1.165) is 24.2 Å². The second-order valence-electron chi connectivity index (χ2n) is 9.13. The lowest BCUT2D eigenvalue weighted by atomic mass is 10.1. The van der Waals surface area contributed by atoms with Gasteiger partial charge in [-0.3, -0.25) is 0 Å². The second-order valence-corrected chi connectivity index (χ2v) is 11.1. The molecule has 0 spiro atoms. The van der Waals surface area contributed by atoms with E-state index in [9.17, 15) is 8.42 Å². The van der Waals surface area contributed by atoms with Crippen LogP contribution in [0.2, 0.25) is 0 Å². The summed E-state index contributed by atoms with van der Waals surface area (Å²) >= 11 is 0. The Kier molecular flexibility index (Phi) is 8.16. The van der Waals surface area contributed by atoms with Crippen molar-refractivity contribution in [2.75, 3.05) is 0 Å². The van der Waals surface area contributed by atoms with Crippen molar-refractivity contribution >= 4 is 9.84 Å². The summed E-state index contributed by atoms with van der Waals surface area (Å²) in [4.78, 5) is 0.620. The van der Waals surface area contributed by atoms with Crippen LogP contribution in [0.1, 0.15) is 22.3 Å². The van der Waals surface area contributed by atoms with Crippen molar-refractivity contribution < 1.29 is 51.5 Å². The molecule has 0 radical (unpaired) electrons. The maximum absolute atomic E-state index is 13.2. The monoisotopic (exact) mass is 640 g/mol. The average molecular weight is 642 g/mol. The number of sulfone groups is 1. The molecule has 0 amide bonds. The van der Waals surface area contributed by atoms with Gasteiger partial charge in [-0.25, -0.2) is 26.7 Å². The first-order chi connectivity index (χ1) is 17.0. The summed E-state index contributed by atoms with van der Waals surface area (Å²) in [7, 11) is -3.56. The molecule has 8 rings (SSSR count). The molecule has 9 heteroatoms. The number of benzene rings is 3.